The summed E-state index contributed by atoms with van der Waals surface area (Å²) in [6, 6.07) is 3.85. The van der Waals surface area contributed by atoms with Gasteiger partial charge in [-0.2, -0.15) is 0 Å². The van der Waals surface area contributed by atoms with E-state index in [9.17, 15) is 9.59 Å². The van der Waals surface area contributed by atoms with Crippen LogP contribution in [0.5, 0.6) is 0 Å². The minimum absolute atomic E-state index is 0.425. The normalized spacial score (nSPS) is 15.6. The third-order valence-electron chi connectivity index (χ3n) is 2.60. The average molecular weight is 253 g/mol. The molecule has 1 saturated heterocycles. The fraction of sp³-hybridized carbons (Fsp3) is 0.455. The maximum atomic E-state index is 11.7. The van der Waals surface area contributed by atoms with Gasteiger partial charge in [-0.3, -0.25) is 9.59 Å². The van der Waals surface area contributed by atoms with Crippen LogP contribution in [0.1, 0.15) is 4.88 Å². The topological polar surface area (TPSA) is 61.4 Å². The van der Waals surface area contributed by atoms with Crippen LogP contribution in [0.25, 0.3) is 0 Å². The third-order valence-corrected chi connectivity index (χ3v) is 3.48. The molecule has 0 bridgehead atoms. The van der Waals surface area contributed by atoms with Crippen molar-refractivity contribution < 1.29 is 9.59 Å². The molecule has 2 heterocycles. The van der Waals surface area contributed by atoms with Crippen molar-refractivity contribution in [3.63, 3.8) is 0 Å². The smallest absolute Gasteiger partial charge is 0.311 e. The van der Waals surface area contributed by atoms with E-state index in [2.05, 4.69) is 10.6 Å². The van der Waals surface area contributed by atoms with E-state index in [1.165, 1.54) is 0 Å². The molecule has 6 heteroatoms. The quantitative estimate of drug-likeness (QED) is 0.717. The number of amides is 2. The molecule has 0 saturated carbocycles. The van der Waals surface area contributed by atoms with Crippen LogP contribution in [-0.2, 0) is 16.1 Å². The molecule has 0 spiro atoms. The van der Waals surface area contributed by atoms with Crippen LogP contribution in [0.3, 0.4) is 0 Å². The average Bonchev–Trinajstić information content (AvgIpc) is 2.89. The number of piperazine rings is 1. The lowest BCUT2D eigenvalue weighted by Gasteiger charge is -2.26. The molecule has 0 unspecified atom stereocenters. The third kappa shape index (κ3) is 3.28. The molecule has 5 nitrogen and oxygen atoms in total. The van der Waals surface area contributed by atoms with Gasteiger partial charge in [-0.05, 0) is 11.4 Å². The van der Waals surface area contributed by atoms with E-state index in [0.717, 1.165) is 18.0 Å². The minimum Gasteiger partial charge on any atom is -0.343 e. The zero-order chi connectivity index (χ0) is 12.1. The lowest BCUT2D eigenvalue weighted by Crippen LogP contribution is -2.51. The Morgan fingerprint density at radius 2 is 2.18 bits per heavy atom. The zero-order valence-electron chi connectivity index (χ0n) is 9.44. The summed E-state index contributed by atoms with van der Waals surface area (Å²) in [6.45, 7) is 3.14. The summed E-state index contributed by atoms with van der Waals surface area (Å²) < 4.78 is 0. The van der Waals surface area contributed by atoms with E-state index in [1.807, 2.05) is 17.5 Å². The van der Waals surface area contributed by atoms with Crippen molar-refractivity contribution in [2.45, 2.75) is 6.54 Å². The van der Waals surface area contributed by atoms with E-state index < -0.39 is 11.8 Å². The molecule has 2 N–H and O–H groups in total. The second kappa shape index (κ2) is 5.79. The van der Waals surface area contributed by atoms with Gasteiger partial charge in [0.15, 0.2) is 0 Å². The predicted molar refractivity (Wildman–Crippen MR) is 65.6 cm³/mol. The minimum atomic E-state index is -0.514. The zero-order valence-corrected chi connectivity index (χ0v) is 10.3. The number of hydrogen-bond acceptors (Lipinski definition) is 4. The summed E-state index contributed by atoms with van der Waals surface area (Å²) in [6.07, 6.45) is 0. The van der Waals surface area contributed by atoms with Gasteiger partial charge in [-0.15, -0.1) is 11.3 Å². The Kier molecular flexibility index (Phi) is 4.11. The Morgan fingerprint density at radius 3 is 2.82 bits per heavy atom. The molecule has 0 aromatic carbocycles. The van der Waals surface area contributed by atoms with E-state index in [4.69, 9.17) is 0 Å². The van der Waals surface area contributed by atoms with E-state index >= 15 is 0 Å². The molecule has 0 atom stereocenters. The molecule has 2 rings (SSSR count). The lowest BCUT2D eigenvalue weighted by molar-refractivity contribution is -0.146. The molecular weight excluding hydrogens is 238 g/mol. The molecule has 1 aromatic rings. The molecule has 1 aromatic heterocycles. The van der Waals surface area contributed by atoms with Crippen molar-refractivity contribution in [1.82, 2.24) is 15.5 Å². The van der Waals surface area contributed by atoms with Gasteiger partial charge in [-0.1, -0.05) is 6.07 Å². The van der Waals surface area contributed by atoms with Gasteiger partial charge in [0.25, 0.3) is 0 Å². The summed E-state index contributed by atoms with van der Waals surface area (Å²) in [4.78, 5) is 26.0. The molecule has 1 fully saturated rings. The lowest BCUT2D eigenvalue weighted by atomic mass is 10.3. The summed E-state index contributed by atoms with van der Waals surface area (Å²) in [5.74, 6) is -0.941. The summed E-state index contributed by atoms with van der Waals surface area (Å²) in [5.41, 5.74) is 0. The van der Waals surface area contributed by atoms with Crippen LogP contribution in [-0.4, -0.2) is 42.9 Å². The highest BCUT2D eigenvalue weighted by atomic mass is 32.1. The monoisotopic (exact) mass is 253 g/mol. The van der Waals surface area contributed by atoms with Crippen LogP contribution in [0.4, 0.5) is 0 Å². The number of carbonyl (C=O) groups excluding carboxylic acids is 2. The van der Waals surface area contributed by atoms with Crippen LogP contribution in [0.15, 0.2) is 17.5 Å². The highest BCUT2D eigenvalue weighted by Crippen LogP contribution is 2.07. The number of thiophene rings is 1. The van der Waals surface area contributed by atoms with Gasteiger partial charge in [0.1, 0.15) is 0 Å². The van der Waals surface area contributed by atoms with Gasteiger partial charge in [-0.25, -0.2) is 0 Å². The van der Waals surface area contributed by atoms with Gasteiger partial charge in [0.2, 0.25) is 0 Å². The summed E-state index contributed by atoms with van der Waals surface area (Å²) in [5, 5.41) is 7.73. The van der Waals surface area contributed by atoms with Crippen LogP contribution >= 0.6 is 11.3 Å². The van der Waals surface area contributed by atoms with Crippen LogP contribution < -0.4 is 10.6 Å². The van der Waals surface area contributed by atoms with Crippen LogP contribution in [0.2, 0.25) is 0 Å². The SMILES string of the molecule is O=C(NCc1cccs1)C(=O)N1CCNCC1. The van der Waals surface area contributed by atoms with Gasteiger partial charge in [0, 0.05) is 31.1 Å². The van der Waals surface area contributed by atoms with Gasteiger partial charge < -0.3 is 15.5 Å². The number of nitrogens with one attached hydrogen (secondary N) is 2. The molecule has 17 heavy (non-hydrogen) atoms. The molecule has 1 aliphatic rings. The van der Waals surface area contributed by atoms with E-state index in [0.29, 0.717) is 19.6 Å². The van der Waals surface area contributed by atoms with Crippen molar-refractivity contribution in [2.75, 3.05) is 26.2 Å². The molecule has 0 aliphatic carbocycles. The number of rotatable bonds is 2. The Labute approximate surface area is 104 Å². The first kappa shape index (κ1) is 12.1. The van der Waals surface area contributed by atoms with E-state index in [-0.39, 0.29) is 0 Å². The van der Waals surface area contributed by atoms with Crippen molar-refractivity contribution in [1.29, 1.82) is 0 Å². The van der Waals surface area contributed by atoms with E-state index in [1.54, 1.807) is 16.2 Å². The second-order valence-electron chi connectivity index (χ2n) is 3.80. The molecule has 2 amide bonds. The standard InChI is InChI=1S/C11H15N3O2S/c15-10(13-8-9-2-1-7-17-9)11(16)14-5-3-12-4-6-14/h1-2,7,12H,3-6,8H2,(H,13,15). The molecule has 92 valence electrons. The van der Waals surface area contributed by atoms with Crippen molar-refractivity contribution >= 4 is 23.2 Å². The highest BCUT2D eigenvalue weighted by Gasteiger charge is 2.22. The fourth-order valence-electron chi connectivity index (χ4n) is 1.67. The first-order valence-corrected chi connectivity index (χ1v) is 6.45. The van der Waals surface area contributed by atoms with Crippen LogP contribution in [0, 0.1) is 0 Å². The highest BCUT2D eigenvalue weighted by molar-refractivity contribution is 7.09. The van der Waals surface area contributed by atoms with Crippen molar-refractivity contribution in [3.05, 3.63) is 22.4 Å². The molecule has 1 aliphatic heterocycles. The Morgan fingerprint density at radius 1 is 1.41 bits per heavy atom. The maximum Gasteiger partial charge on any atom is 0.311 e. The number of hydrogen-bond donors (Lipinski definition) is 2. The molecule has 0 radical (unpaired) electrons. The Balaban J connectivity index is 1.80. The Bertz CT molecular complexity index is 385. The molecular formula is C11H15N3O2S. The van der Waals surface area contributed by atoms with Crippen molar-refractivity contribution in [2.24, 2.45) is 0 Å². The summed E-state index contributed by atoms with van der Waals surface area (Å²) >= 11 is 1.56. The van der Waals surface area contributed by atoms with Gasteiger partial charge >= 0.3 is 11.8 Å². The first-order chi connectivity index (χ1) is 8.27. The number of nitrogens with zero attached hydrogens (tertiary/aromatic N) is 1. The predicted octanol–water partition coefficient (Wildman–Crippen LogP) is -0.204. The summed E-state index contributed by atoms with van der Waals surface area (Å²) in [7, 11) is 0. The first-order valence-electron chi connectivity index (χ1n) is 5.57. The number of carbonyl (C=O) groups is 2. The maximum absolute atomic E-state index is 11.7. The largest absolute Gasteiger partial charge is 0.343 e. The van der Waals surface area contributed by atoms with Crippen molar-refractivity contribution in [3.8, 4) is 0 Å². The second-order valence-corrected chi connectivity index (χ2v) is 4.84. The van der Waals surface area contributed by atoms with Gasteiger partial charge in [0.05, 0.1) is 6.54 Å². The Hall–Kier alpha value is -1.40. The fourth-order valence-corrected chi connectivity index (χ4v) is 2.31.